The van der Waals surface area contributed by atoms with Gasteiger partial charge in [0.05, 0.1) is 12.4 Å². The van der Waals surface area contributed by atoms with Crippen LogP contribution in [0.2, 0.25) is 0 Å². The van der Waals surface area contributed by atoms with Crippen LogP contribution in [0.1, 0.15) is 5.56 Å². The van der Waals surface area contributed by atoms with Crippen LogP contribution in [0.15, 0.2) is 59.8 Å². The second kappa shape index (κ2) is 5.44. The number of hydrogen-bond donors (Lipinski definition) is 1. The van der Waals surface area contributed by atoms with Crippen LogP contribution in [-0.4, -0.2) is 16.4 Å². The highest BCUT2D eigenvalue weighted by Crippen LogP contribution is 2.18. The van der Waals surface area contributed by atoms with E-state index in [-0.39, 0.29) is 5.82 Å². The standard InChI is InChI=1S/C15H11FN4/c16-13-7-5-11(6-8-13)9-17-19-15-14-4-2-1-3-12(14)10-18-20-15/h1-10H,(H,19,20). The molecule has 0 saturated carbocycles. The zero-order valence-electron chi connectivity index (χ0n) is 10.5. The lowest BCUT2D eigenvalue weighted by Gasteiger charge is -2.02. The van der Waals surface area contributed by atoms with Gasteiger partial charge in [-0.15, -0.1) is 5.10 Å². The van der Waals surface area contributed by atoms with E-state index < -0.39 is 0 Å². The number of fused-ring (bicyclic) bond motifs is 1. The third-order valence-corrected chi connectivity index (χ3v) is 2.82. The molecule has 20 heavy (non-hydrogen) atoms. The molecular formula is C15H11FN4. The number of hydrogen-bond acceptors (Lipinski definition) is 4. The molecule has 98 valence electrons. The average molecular weight is 266 g/mol. The molecule has 1 aromatic heterocycles. The van der Waals surface area contributed by atoms with Gasteiger partial charge in [-0.3, -0.25) is 5.43 Å². The fraction of sp³-hybridized carbons (Fsp3) is 0. The first-order chi connectivity index (χ1) is 9.83. The lowest BCUT2D eigenvalue weighted by molar-refractivity contribution is 0.628. The highest BCUT2D eigenvalue weighted by Gasteiger charge is 2.00. The van der Waals surface area contributed by atoms with E-state index in [1.54, 1.807) is 24.5 Å². The summed E-state index contributed by atoms with van der Waals surface area (Å²) in [6, 6.07) is 13.8. The zero-order valence-corrected chi connectivity index (χ0v) is 10.5. The minimum absolute atomic E-state index is 0.268. The Morgan fingerprint density at radius 2 is 1.85 bits per heavy atom. The average Bonchev–Trinajstić information content (AvgIpc) is 2.49. The lowest BCUT2D eigenvalue weighted by Crippen LogP contribution is -1.96. The van der Waals surface area contributed by atoms with E-state index in [0.717, 1.165) is 16.3 Å². The fourth-order valence-corrected chi connectivity index (χ4v) is 1.83. The Morgan fingerprint density at radius 3 is 2.70 bits per heavy atom. The van der Waals surface area contributed by atoms with Gasteiger partial charge in [0.15, 0.2) is 5.82 Å². The maximum absolute atomic E-state index is 12.8. The van der Waals surface area contributed by atoms with Gasteiger partial charge in [-0.25, -0.2) is 4.39 Å². The summed E-state index contributed by atoms with van der Waals surface area (Å²) in [6.07, 6.45) is 3.30. The molecule has 4 nitrogen and oxygen atoms in total. The molecule has 3 rings (SSSR count). The maximum atomic E-state index is 12.8. The Labute approximate surface area is 115 Å². The van der Waals surface area contributed by atoms with Gasteiger partial charge in [0.2, 0.25) is 0 Å². The van der Waals surface area contributed by atoms with Gasteiger partial charge in [0.1, 0.15) is 5.82 Å². The molecule has 2 aromatic carbocycles. The number of hydrazone groups is 1. The van der Waals surface area contributed by atoms with Gasteiger partial charge in [-0.05, 0) is 17.7 Å². The summed E-state index contributed by atoms with van der Waals surface area (Å²) in [5.41, 5.74) is 3.65. The summed E-state index contributed by atoms with van der Waals surface area (Å²) >= 11 is 0. The van der Waals surface area contributed by atoms with Crippen LogP contribution in [0.5, 0.6) is 0 Å². The van der Waals surface area contributed by atoms with E-state index in [1.165, 1.54) is 12.1 Å². The van der Waals surface area contributed by atoms with E-state index in [0.29, 0.717) is 5.82 Å². The summed E-state index contributed by atoms with van der Waals surface area (Å²) in [7, 11) is 0. The third-order valence-electron chi connectivity index (χ3n) is 2.82. The van der Waals surface area contributed by atoms with Crippen LogP contribution in [0, 0.1) is 5.82 Å². The molecule has 0 radical (unpaired) electrons. The Hall–Kier alpha value is -2.82. The predicted octanol–water partition coefficient (Wildman–Crippen LogP) is 3.21. The van der Waals surface area contributed by atoms with Crippen LogP contribution in [0.4, 0.5) is 10.2 Å². The molecule has 5 heteroatoms. The SMILES string of the molecule is Fc1ccc(C=NNc2nncc3ccccc23)cc1. The van der Waals surface area contributed by atoms with Gasteiger partial charge in [0.25, 0.3) is 0 Å². The van der Waals surface area contributed by atoms with Crippen molar-refractivity contribution in [1.29, 1.82) is 0 Å². The number of anilines is 1. The van der Waals surface area contributed by atoms with Crippen molar-refractivity contribution in [3.8, 4) is 0 Å². The molecule has 0 saturated heterocycles. The Balaban J connectivity index is 1.81. The lowest BCUT2D eigenvalue weighted by atomic mass is 10.2. The predicted molar refractivity (Wildman–Crippen MR) is 77.2 cm³/mol. The van der Waals surface area contributed by atoms with E-state index in [1.807, 2.05) is 24.3 Å². The van der Waals surface area contributed by atoms with Crippen molar-refractivity contribution in [2.75, 3.05) is 5.43 Å². The van der Waals surface area contributed by atoms with Crippen LogP contribution in [0.25, 0.3) is 10.8 Å². The van der Waals surface area contributed by atoms with Gasteiger partial charge in [0, 0.05) is 10.8 Å². The van der Waals surface area contributed by atoms with Crippen molar-refractivity contribution >= 4 is 22.8 Å². The molecule has 1 heterocycles. The number of nitrogens with one attached hydrogen (secondary N) is 1. The monoisotopic (exact) mass is 266 g/mol. The van der Waals surface area contributed by atoms with E-state index >= 15 is 0 Å². The van der Waals surface area contributed by atoms with E-state index in [4.69, 9.17) is 0 Å². The first-order valence-corrected chi connectivity index (χ1v) is 6.08. The maximum Gasteiger partial charge on any atom is 0.176 e. The van der Waals surface area contributed by atoms with Crippen molar-refractivity contribution in [2.45, 2.75) is 0 Å². The molecule has 3 aromatic rings. The number of rotatable bonds is 3. The Bertz CT molecular complexity index is 748. The Kier molecular flexibility index (Phi) is 3.33. The van der Waals surface area contributed by atoms with Crippen molar-refractivity contribution < 1.29 is 4.39 Å². The van der Waals surface area contributed by atoms with Crippen LogP contribution in [0.3, 0.4) is 0 Å². The first-order valence-electron chi connectivity index (χ1n) is 6.08. The molecule has 1 N–H and O–H groups in total. The van der Waals surface area contributed by atoms with Crippen LogP contribution >= 0.6 is 0 Å². The van der Waals surface area contributed by atoms with Crippen molar-refractivity contribution in [3.05, 3.63) is 66.1 Å². The fourth-order valence-electron chi connectivity index (χ4n) is 1.83. The van der Waals surface area contributed by atoms with Crippen molar-refractivity contribution in [1.82, 2.24) is 10.2 Å². The topological polar surface area (TPSA) is 50.2 Å². The minimum Gasteiger partial charge on any atom is -0.259 e. The Morgan fingerprint density at radius 1 is 1.05 bits per heavy atom. The number of aromatic nitrogens is 2. The van der Waals surface area contributed by atoms with Crippen LogP contribution in [-0.2, 0) is 0 Å². The second-order valence-electron chi connectivity index (χ2n) is 4.20. The summed E-state index contributed by atoms with van der Waals surface area (Å²) in [5.74, 6) is 0.316. The molecule has 0 aliphatic rings. The minimum atomic E-state index is -0.268. The van der Waals surface area contributed by atoms with Crippen LogP contribution < -0.4 is 5.43 Å². The molecule has 0 aliphatic carbocycles. The van der Waals surface area contributed by atoms with Gasteiger partial charge < -0.3 is 0 Å². The quantitative estimate of drug-likeness (QED) is 0.585. The van der Waals surface area contributed by atoms with Gasteiger partial charge in [-0.2, -0.15) is 10.2 Å². The zero-order chi connectivity index (χ0) is 13.8. The smallest absolute Gasteiger partial charge is 0.176 e. The molecule has 0 atom stereocenters. The molecule has 0 unspecified atom stereocenters. The van der Waals surface area contributed by atoms with Crippen molar-refractivity contribution in [2.24, 2.45) is 5.10 Å². The molecular weight excluding hydrogens is 255 g/mol. The first kappa shape index (κ1) is 12.2. The molecule has 0 spiro atoms. The highest BCUT2D eigenvalue weighted by atomic mass is 19.1. The second-order valence-corrected chi connectivity index (χ2v) is 4.20. The van der Waals surface area contributed by atoms with Crippen molar-refractivity contribution in [3.63, 3.8) is 0 Å². The third kappa shape index (κ3) is 2.61. The highest BCUT2D eigenvalue weighted by molar-refractivity contribution is 5.91. The number of benzene rings is 2. The normalized spacial score (nSPS) is 11.1. The van der Waals surface area contributed by atoms with E-state index in [9.17, 15) is 4.39 Å². The summed E-state index contributed by atoms with van der Waals surface area (Å²) in [5, 5.41) is 14.0. The van der Waals surface area contributed by atoms with Gasteiger partial charge >= 0.3 is 0 Å². The number of nitrogens with zero attached hydrogens (tertiary/aromatic N) is 3. The molecule has 0 amide bonds. The summed E-state index contributed by atoms with van der Waals surface area (Å²) < 4.78 is 12.8. The molecule has 0 aliphatic heterocycles. The van der Waals surface area contributed by atoms with E-state index in [2.05, 4.69) is 20.7 Å². The largest absolute Gasteiger partial charge is 0.259 e. The number of halogens is 1. The molecule has 0 fully saturated rings. The van der Waals surface area contributed by atoms with Gasteiger partial charge in [-0.1, -0.05) is 36.4 Å². The molecule has 0 bridgehead atoms. The summed E-state index contributed by atoms with van der Waals surface area (Å²) in [6.45, 7) is 0. The summed E-state index contributed by atoms with van der Waals surface area (Å²) in [4.78, 5) is 0.